The summed E-state index contributed by atoms with van der Waals surface area (Å²) >= 11 is 6.79. The van der Waals surface area contributed by atoms with E-state index in [0.29, 0.717) is 72.2 Å². The number of ether oxygens (including phenoxy) is 2. The maximum absolute atomic E-state index is 13.8. The van der Waals surface area contributed by atoms with E-state index in [2.05, 4.69) is 79.6 Å². The summed E-state index contributed by atoms with van der Waals surface area (Å²) in [5.74, 6) is 0.768. The normalized spacial score (nSPS) is 16.8. The van der Waals surface area contributed by atoms with Gasteiger partial charge >= 0.3 is 5.97 Å². The van der Waals surface area contributed by atoms with Gasteiger partial charge in [-0.2, -0.15) is 0 Å². The summed E-state index contributed by atoms with van der Waals surface area (Å²) in [4.78, 5) is 44.4. The third-order valence-corrected chi connectivity index (χ3v) is 18.3. The minimum atomic E-state index is -2.28. The van der Waals surface area contributed by atoms with Crippen LogP contribution in [0.3, 0.4) is 0 Å². The van der Waals surface area contributed by atoms with Gasteiger partial charge in [0.1, 0.15) is 11.5 Å². The average molecular weight is 888 g/mol. The molecule has 336 valence electrons. The third-order valence-electron chi connectivity index (χ3n) is 13.5. The number of piperidine rings is 1. The molecule has 1 saturated carbocycles. The largest absolute Gasteiger partial charge is 0.506 e. The Balaban J connectivity index is 1.07. The zero-order valence-electron chi connectivity index (χ0n) is 37.8. The Hall–Kier alpha value is -4.20. The number of hydrogen-bond acceptors (Lipinski definition) is 9. The topological polar surface area (TPSA) is 142 Å². The number of carbonyl (C=O) groups is 2. The average Bonchev–Trinajstić information content (AvgIpc) is 3.24. The summed E-state index contributed by atoms with van der Waals surface area (Å²) in [6.45, 7) is 14.4. The van der Waals surface area contributed by atoms with Crippen LogP contribution >= 0.6 is 11.6 Å². The molecule has 0 bridgehead atoms. The minimum absolute atomic E-state index is 0.00158. The lowest BCUT2D eigenvalue weighted by Crippen LogP contribution is -2.43. The van der Waals surface area contributed by atoms with Gasteiger partial charge in [-0.3, -0.25) is 14.4 Å². The van der Waals surface area contributed by atoms with E-state index in [0.717, 1.165) is 80.3 Å². The number of nitrogens with one attached hydrogen (secondary N) is 3. The minimum Gasteiger partial charge on any atom is -0.506 e. The number of likely N-dealkylation sites (tertiary alicyclic amines) is 1. The Bertz CT molecular complexity index is 2240. The molecule has 2 heterocycles. The molecule has 13 heteroatoms. The van der Waals surface area contributed by atoms with Gasteiger partial charge in [-0.15, -0.1) is 0 Å². The smallest absolute Gasteiger partial charge is 0.316 e. The second-order valence-electron chi connectivity index (χ2n) is 19.0. The number of aryl methyl sites for hydroxylation is 1. The standard InChI is InChI=1S/C49H67ClN4O7Si/c1-48(2,3)62(6,7)61-43(37-17-19-41(55)46-38(37)18-20-45(57)53-46)31-51-30-35-28-39(50)40(29-42(35)59-5)52-44(56)16-12-14-33-13-11-15-36(27-33)49(23-9-8-10-24-49)47(58)60-32-34-21-25-54(4)26-22-34/h11,13,15,17-20,27-29,34,43,51,55H,8-10,12,14,16,21-26,30-32H2,1-7H3,(H,52,56)(H,53,57)/t43-/m0/s1. The number of anilines is 1. The molecule has 1 aliphatic carbocycles. The molecule has 1 aliphatic heterocycles. The molecule has 4 aromatic rings. The molecule has 62 heavy (non-hydrogen) atoms. The third kappa shape index (κ3) is 11.5. The lowest BCUT2D eigenvalue weighted by molar-refractivity contribution is -0.154. The number of nitrogens with zero attached hydrogens (tertiary/aromatic N) is 1. The number of esters is 1. The Morgan fingerprint density at radius 3 is 2.48 bits per heavy atom. The van der Waals surface area contributed by atoms with Gasteiger partial charge in [-0.1, -0.05) is 82.0 Å². The van der Waals surface area contributed by atoms with Crippen molar-refractivity contribution in [1.29, 1.82) is 0 Å². The van der Waals surface area contributed by atoms with E-state index in [1.54, 1.807) is 31.4 Å². The second-order valence-corrected chi connectivity index (χ2v) is 24.2. The predicted molar refractivity (Wildman–Crippen MR) is 251 cm³/mol. The van der Waals surface area contributed by atoms with Crippen molar-refractivity contribution in [2.45, 2.75) is 121 Å². The summed E-state index contributed by atoms with van der Waals surface area (Å²) < 4.78 is 18.8. The number of phenolic OH excluding ortho intramolecular Hbond substituents is 1. The monoisotopic (exact) mass is 886 g/mol. The second kappa shape index (κ2) is 20.5. The maximum Gasteiger partial charge on any atom is 0.316 e. The number of aromatic hydroxyl groups is 1. The quantitative estimate of drug-likeness (QED) is 0.0602. The van der Waals surface area contributed by atoms with Crippen molar-refractivity contribution in [2.75, 3.05) is 45.7 Å². The fourth-order valence-electron chi connectivity index (χ4n) is 8.66. The van der Waals surface area contributed by atoms with Gasteiger partial charge in [-0.05, 0) is 118 Å². The molecule has 2 aliphatic rings. The van der Waals surface area contributed by atoms with Crippen LogP contribution in [0.2, 0.25) is 23.2 Å². The molecule has 1 aromatic heterocycles. The molecular weight excluding hydrogens is 820 g/mol. The zero-order valence-corrected chi connectivity index (χ0v) is 39.5. The molecule has 3 aromatic carbocycles. The number of rotatable bonds is 17. The van der Waals surface area contributed by atoms with Gasteiger partial charge in [0.15, 0.2) is 8.32 Å². The molecule has 0 unspecified atom stereocenters. The van der Waals surface area contributed by atoms with Crippen molar-refractivity contribution >= 4 is 48.4 Å². The molecule has 6 rings (SSSR count). The van der Waals surface area contributed by atoms with Crippen LogP contribution < -0.4 is 20.9 Å². The number of halogens is 1. The lowest BCUT2D eigenvalue weighted by atomic mass is 9.69. The van der Waals surface area contributed by atoms with Crippen molar-refractivity contribution in [3.05, 3.63) is 98.3 Å². The molecule has 0 radical (unpaired) electrons. The van der Waals surface area contributed by atoms with Crippen LogP contribution in [-0.2, 0) is 37.1 Å². The number of H-pyrrole nitrogens is 1. The summed E-state index contributed by atoms with van der Waals surface area (Å²) in [6, 6.07) is 18.5. The molecule has 1 amide bonds. The summed E-state index contributed by atoms with van der Waals surface area (Å²) in [5, 5.41) is 18.2. The Kier molecular flexibility index (Phi) is 15.7. The highest BCUT2D eigenvalue weighted by molar-refractivity contribution is 6.74. The first-order chi connectivity index (χ1) is 29.5. The highest BCUT2D eigenvalue weighted by Gasteiger charge is 2.43. The van der Waals surface area contributed by atoms with E-state index in [4.69, 9.17) is 25.5 Å². The Labute approximate surface area is 373 Å². The number of benzene rings is 3. The van der Waals surface area contributed by atoms with E-state index in [1.165, 1.54) is 6.07 Å². The summed E-state index contributed by atoms with van der Waals surface area (Å²) in [6.07, 6.45) is 8.11. The maximum atomic E-state index is 13.8. The number of methoxy groups -OCH3 is 1. The van der Waals surface area contributed by atoms with E-state index < -0.39 is 19.8 Å². The SMILES string of the molecule is COc1cc(NC(=O)CCCc2cccc(C3(C(=O)OCC4CCN(C)CC4)CCCCC3)c2)c(Cl)cc1CNC[C@H](O[Si](C)(C)C(C)(C)C)c1ccc(O)c2[nH]c(=O)ccc12. The lowest BCUT2D eigenvalue weighted by Gasteiger charge is -2.39. The molecule has 2 fully saturated rings. The van der Waals surface area contributed by atoms with E-state index in [-0.39, 0.29) is 28.2 Å². The number of hydrogen-bond donors (Lipinski definition) is 4. The molecule has 4 N–H and O–H groups in total. The van der Waals surface area contributed by atoms with Crippen molar-refractivity contribution in [2.24, 2.45) is 5.92 Å². The molecule has 1 saturated heterocycles. The summed E-state index contributed by atoms with van der Waals surface area (Å²) in [5.41, 5.74) is 3.74. The highest BCUT2D eigenvalue weighted by Crippen LogP contribution is 2.43. The van der Waals surface area contributed by atoms with E-state index >= 15 is 0 Å². The number of fused-ring (bicyclic) bond motifs is 1. The first-order valence-electron chi connectivity index (χ1n) is 22.3. The van der Waals surface area contributed by atoms with Gasteiger partial charge in [0, 0.05) is 42.6 Å². The number of pyridine rings is 1. The number of amides is 1. The zero-order chi connectivity index (χ0) is 44.7. The first kappa shape index (κ1) is 47.3. The number of phenols is 1. The fraction of sp³-hybridized carbons (Fsp3) is 0.531. The van der Waals surface area contributed by atoms with Gasteiger partial charge in [0.25, 0.3) is 0 Å². The Morgan fingerprint density at radius 1 is 1.03 bits per heavy atom. The van der Waals surface area contributed by atoms with Crippen LogP contribution in [-0.4, -0.2) is 75.6 Å². The summed E-state index contributed by atoms with van der Waals surface area (Å²) in [7, 11) is 1.46. The van der Waals surface area contributed by atoms with Gasteiger partial charge in [0.2, 0.25) is 11.5 Å². The van der Waals surface area contributed by atoms with Crippen LogP contribution in [0.15, 0.2) is 65.5 Å². The van der Waals surface area contributed by atoms with Crippen LogP contribution in [0.5, 0.6) is 11.5 Å². The van der Waals surface area contributed by atoms with Crippen molar-refractivity contribution in [3.63, 3.8) is 0 Å². The van der Waals surface area contributed by atoms with Crippen LogP contribution in [0.1, 0.15) is 107 Å². The van der Waals surface area contributed by atoms with E-state index in [9.17, 15) is 19.5 Å². The van der Waals surface area contributed by atoms with E-state index in [1.807, 2.05) is 12.1 Å². The number of aromatic amines is 1. The number of aromatic nitrogens is 1. The van der Waals surface area contributed by atoms with Crippen molar-refractivity contribution in [1.82, 2.24) is 15.2 Å². The van der Waals surface area contributed by atoms with Crippen LogP contribution in [0, 0.1) is 5.92 Å². The molecule has 11 nitrogen and oxygen atoms in total. The predicted octanol–water partition coefficient (Wildman–Crippen LogP) is 9.80. The van der Waals surface area contributed by atoms with Gasteiger partial charge in [0.05, 0.1) is 41.5 Å². The molecule has 0 spiro atoms. The van der Waals surface area contributed by atoms with Crippen molar-refractivity contribution < 1.29 is 28.6 Å². The first-order valence-corrected chi connectivity index (χ1v) is 25.6. The molecular formula is C49H67ClN4O7Si. The van der Waals surface area contributed by atoms with Crippen LogP contribution in [0.25, 0.3) is 10.9 Å². The highest BCUT2D eigenvalue weighted by atomic mass is 35.5. The van der Waals surface area contributed by atoms with Crippen molar-refractivity contribution in [3.8, 4) is 11.5 Å². The van der Waals surface area contributed by atoms with Crippen LogP contribution in [0.4, 0.5) is 5.69 Å². The Morgan fingerprint density at radius 2 is 1.77 bits per heavy atom. The molecule has 1 atom stereocenters. The fourth-order valence-corrected chi connectivity index (χ4v) is 10.2. The van der Waals surface area contributed by atoms with Gasteiger partial charge in [-0.25, -0.2) is 0 Å². The van der Waals surface area contributed by atoms with Gasteiger partial charge < -0.3 is 39.5 Å². The number of carbonyl (C=O) groups excluding carboxylic acids is 2.